The average molecular weight is 375 g/mol. The van der Waals surface area contributed by atoms with Crippen LogP contribution >= 0.6 is 11.3 Å². The molecule has 5 nitrogen and oxygen atoms in total. The summed E-state index contributed by atoms with van der Waals surface area (Å²) in [5, 5.41) is 7.06. The molecule has 2 aromatic heterocycles. The van der Waals surface area contributed by atoms with Crippen molar-refractivity contribution in [2.24, 2.45) is 5.10 Å². The third-order valence-corrected chi connectivity index (χ3v) is 5.04. The molecule has 2 aromatic carbocycles. The van der Waals surface area contributed by atoms with Gasteiger partial charge in [0.1, 0.15) is 12.4 Å². The van der Waals surface area contributed by atoms with Gasteiger partial charge in [0.2, 0.25) is 0 Å². The quantitative estimate of drug-likeness (QED) is 0.489. The Morgan fingerprint density at radius 1 is 1.07 bits per heavy atom. The summed E-state index contributed by atoms with van der Waals surface area (Å²) in [6.45, 7) is 2.03. The van der Waals surface area contributed by atoms with Crippen LogP contribution in [-0.4, -0.2) is 15.4 Å². The fourth-order valence-electron chi connectivity index (χ4n) is 2.71. The number of benzene rings is 2. The summed E-state index contributed by atoms with van der Waals surface area (Å²) in [5.74, 6) is 1.17. The Morgan fingerprint density at radius 2 is 1.85 bits per heavy atom. The zero-order chi connectivity index (χ0) is 18.6. The Morgan fingerprint density at radius 3 is 2.63 bits per heavy atom. The highest BCUT2D eigenvalue weighted by Gasteiger charge is 2.12. The second-order valence-electron chi connectivity index (χ2n) is 5.93. The molecule has 0 radical (unpaired) electrons. The fourth-order valence-corrected chi connectivity index (χ4v) is 3.39. The van der Waals surface area contributed by atoms with Gasteiger partial charge in [0, 0.05) is 0 Å². The fraction of sp³-hybridized carbons (Fsp3) is 0.0952. The minimum Gasteiger partial charge on any atom is -0.486 e. The van der Waals surface area contributed by atoms with Gasteiger partial charge in [-0.3, -0.25) is 4.79 Å². The number of aromatic nitrogens is 2. The normalized spacial score (nSPS) is 11.7. The van der Waals surface area contributed by atoms with Crippen molar-refractivity contribution in [3.8, 4) is 5.75 Å². The van der Waals surface area contributed by atoms with E-state index in [1.165, 1.54) is 4.68 Å². The first-order valence-corrected chi connectivity index (χ1v) is 9.38. The molecule has 0 aliphatic rings. The maximum absolute atomic E-state index is 13.0. The second-order valence-corrected chi connectivity index (χ2v) is 6.87. The molecule has 2 heterocycles. The van der Waals surface area contributed by atoms with Crippen molar-refractivity contribution in [1.29, 1.82) is 0 Å². The molecule has 4 rings (SSSR count). The highest BCUT2D eigenvalue weighted by molar-refractivity contribution is 7.12. The first-order chi connectivity index (χ1) is 13.2. The number of fused-ring (bicyclic) bond motifs is 1. The Hall–Kier alpha value is -3.25. The van der Waals surface area contributed by atoms with E-state index in [4.69, 9.17) is 4.74 Å². The SMILES string of the molecule is CC(=Nn1c(COc2ccccc2)nc2ccccc2c1=O)c1cccs1. The van der Waals surface area contributed by atoms with E-state index in [9.17, 15) is 4.79 Å². The summed E-state index contributed by atoms with van der Waals surface area (Å²) in [7, 11) is 0. The lowest BCUT2D eigenvalue weighted by atomic mass is 10.2. The average Bonchev–Trinajstić information content (AvgIpc) is 3.24. The molecule has 0 aliphatic carbocycles. The van der Waals surface area contributed by atoms with Gasteiger partial charge >= 0.3 is 0 Å². The molecule has 4 aromatic rings. The lowest BCUT2D eigenvalue weighted by molar-refractivity contribution is 0.289. The lowest BCUT2D eigenvalue weighted by Crippen LogP contribution is -2.24. The van der Waals surface area contributed by atoms with Crippen LogP contribution in [0.5, 0.6) is 5.75 Å². The number of para-hydroxylation sites is 2. The van der Waals surface area contributed by atoms with Crippen LogP contribution in [0.3, 0.4) is 0 Å². The zero-order valence-corrected chi connectivity index (χ0v) is 15.5. The molecule has 0 unspecified atom stereocenters. The smallest absolute Gasteiger partial charge is 0.282 e. The van der Waals surface area contributed by atoms with Crippen molar-refractivity contribution in [3.05, 3.63) is 93.2 Å². The standard InChI is InChI=1S/C21H17N3O2S/c1-15(19-12-7-13-27-19)23-24-20(14-26-16-8-3-2-4-9-16)22-18-11-6-5-10-17(18)21(24)25/h2-13H,14H2,1H3. The summed E-state index contributed by atoms with van der Waals surface area (Å²) in [6, 6.07) is 20.7. The zero-order valence-electron chi connectivity index (χ0n) is 14.7. The summed E-state index contributed by atoms with van der Waals surface area (Å²) < 4.78 is 7.17. The predicted molar refractivity (Wildman–Crippen MR) is 109 cm³/mol. The molecule has 0 atom stereocenters. The molecule has 0 saturated carbocycles. The molecule has 0 spiro atoms. The second kappa shape index (κ2) is 7.55. The minimum atomic E-state index is -0.205. The van der Waals surface area contributed by atoms with Crippen LogP contribution in [0.1, 0.15) is 17.6 Å². The van der Waals surface area contributed by atoms with Crippen LogP contribution in [0.4, 0.5) is 0 Å². The third kappa shape index (κ3) is 3.66. The number of nitrogens with zero attached hydrogens (tertiary/aromatic N) is 3. The molecule has 6 heteroatoms. The van der Waals surface area contributed by atoms with Crippen LogP contribution in [0.15, 0.2) is 82.0 Å². The molecule has 134 valence electrons. The van der Waals surface area contributed by atoms with E-state index >= 15 is 0 Å². The van der Waals surface area contributed by atoms with Gasteiger partial charge < -0.3 is 4.74 Å². The summed E-state index contributed by atoms with van der Waals surface area (Å²) in [5.41, 5.74) is 1.18. The Bertz CT molecular complexity index is 1150. The largest absolute Gasteiger partial charge is 0.486 e. The van der Waals surface area contributed by atoms with Gasteiger partial charge in [0.25, 0.3) is 5.56 Å². The minimum absolute atomic E-state index is 0.144. The van der Waals surface area contributed by atoms with Gasteiger partial charge in [-0.05, 0) is 42.6 Å². The number of hydrogen-bond donors (Lipinski definition) is 0. The van der Waals surface area contributed by atoms with Gasteiger partial charge in [-0.2, -0.15) is 9.78 Å². The number of hydrogen-bond acceptors (Lipinski definition) is 5. The highest BCUT2D eigenvalue weighted by atomic mass is 32.1. The number of thiophene rings is 1. The van der Waals surface area contributed by atoms with Gasteiger partial charge in [-0.1, -0.05) is 36.4 Å². The lowest BCUT2D eigenvalue weighted by Gasteiger charge is -2.11. The van der Waals surface area contributed by atoms with Gasteiger partial charge in [-0.15, -0.1) is 11.3 Å². The van der Waals surface area contributed by atoms with E-state index in [2.05, 4.69) is 10.1 Å². The van der Waals surface area contributed by atoms with Crippen molar-refractivity contribution in [2.75, 3.05) is 0 Å². The van der Waals surface area contributed by atoms with Crippen LogP contribution in [0.25, 0.3) is 10.9 Å². The van der Waals surface area contributed by atoms with Crippen molar-refractivity contribution in [1.82, 2.24) is 9.66 Å². The van der Waals surface area contributed by atoms with E-state index in [-0.39, 0.29) is 12.2 Å². The van der Waals surface area contributed by atoms with E-state index in [0.29, 0.717) is 22.5 Å². The summed E-state index contributed by atoms with van der Waals surface area (Å²) in [4.78, 5) is 18.7. The first kappa shape index (κ1) is 17.2. The molecule has 0 bridgehead atoms. The third-order valence-electron chi connectivity index (χ3n) is 4.06. The topological polar surface area (TPSA) is 56.5 Å². The molecular formula is C21H17N3O2S. The molecule has 0 saturated heterocycles. The molecule has 0 aliphatic heterocycles. The van der Waals surface area contributed by atoms with Crippen LogP contribution in [0, 0.1) is 0 Å². The van der Waals surface area contributed by atoms with E-state index in [1.807, 2.05) is 73.0 Å². The summed E-state index contributed by atoms with van der Waals surface area (Å²) >= 11 is 1.58. The highest BCUT2D eigenvalue weighted by Crippen LogP contribution is 2.14. The molecular weight excluding hydrogens is 358 g/mol. The number of rotatable bonds is 5. The van der Waals surface area contributed by atoms with Gasteiger partial charge in [0.15, 0.2) is 5.82 Å². The van der Waals surface area contributed by atoms with Crippen molar-refractivity contribution < 1.29 is 4.74 Å². The van der Waals surface area contributed by atoms with Crippen molar-refractivity contribution >= 4 is 28.0 Å². The molecule has 0 N–H and O–H groups in total. The molecule has 0 fully saturated rings. The molecule has 27 heavy (non-hydrogen) atoms. The monoisotopic (exact) mass is 375 g/mol. The Labute approximate surface area is 160 Å². The molecule has 0 amide bonds. The first-order valence-electron chi connectivity index (χ1n) is 8.50. The van der Waals surface area contributed by atoms with E-state index < -0.39 is 0 Å². The number of ether oxygens (including phenoxy) is 1. The van der Waals surface area contributed by atoms with E-state index in [1.54, 1.807) is 17.4 Å². The van der Waals surface area contributed by atoms with Gasteiger partial charge in [-0.25, -0.2) is 4.98 Å². The van der Waals surface area contributed by atoms with Crippen molar-refractivity contribution in [3.63, 3.8) is 0 Å². The van der Waals surface area contributed by atoms with Crippen LogP contribution < -0.4 is 10.3 Å². The predicted octanol–water partition coefficient (Wildman–Crippen LogP) is 4.31. The maximum atomic E-state index is 13.0. The Kier molecular flexibility index (Phi) is 4.80. The summed E-state index contributed by atoms with van der Waals surface area (Å²) in [6.07, 6.45) is 0. The van der Waals surface area contributed by atoms with Crippen LogP contribution in [0.2, 0.25) is 0 Å². The maximum Gasteiger partial charge on any atom is 0.282 e. The van der Waals surface area contributed by atoms with Crippen molar-refractivity contribution in [2.45, 2.75) is 13.5 Å². The van der Waals surface area contributed by atoms with Crippen LogP contribution in [-0.2, 0) is 6.61 Å². The van der Waals surface area contributed by atoms with E-state index in [0.717, 1.165) is 10.6 Å². The Balaban J connectivity index is 1.80. The van der Waals surface area contributed by atoms with Gasteiger partial charge in [0.05, 0.1) is 21.5 Å².